The van der Waals surface area contributed by atoms with Gasteiger partial charge >= 0.3 is 0 Å². The number of hydrogen-bond acceptors (Lipinski definition) is 2. The predicted molar refractivity (Wildman–Crippen MR) is 80.1 cm³/mol. The second-order valence-corrected chi connectivity index (χ2v) is 5.43. The van der Waals surface area contributed by atoms with Crippen molar-refractivity contribution in [2.24, 2.45) is 5.92 Å². The smallest absolute Gasteiger partial charge is 0.251 e. The molecule has 2 rings (SSSR count). The quantitative estimate of drug-likeness (QED) is 0.782. The van der Waals surface area contributed by atoms with Gasteiger partial charge < -0.3 is 10.6 Å². The number of carbonyl (C=O) groups is 1. The van der Waals surface area contributed by atoms with Gasteiger partial charge in [-0.2, -0.15) is 0 Å². The van der Waals surface area contributed by atoms with Crippen LogP contribution in [0.15, 0.2) is 18.2 Å². The fraction of sp³-hybridized carbons (Fsp3) is 0.364. The first-order chi connectivity index (χ1) is 7.66. The molecule has 94 valence electrons. The molecule has 3 nitrogen and oxygen atoms in total. The lowest BCUT2D eigenvalue weighted by molar-refractivity contribution is 0.0942. The second kappa shape index (κ2) is 6.78. The molecular formula is C11H13Cl2IN2O. The molecule has 0 aromatic heterocycles. The van der Waals surface area contributed by atoms with E-state index in [1.54, 1.807) is 18.2 Å². The fourth-order valence-corrected chi connectivity index (χ4v) is 2.10. The number of amides is 1. The summed E-state index contributed by atoms with van der Waals surface area (Å²) in [6, 6.07) is 5.30. The van der Waals surface area contributed by atoms with E-state index >= 15 is 0 Å². The van der Waals surface area contributed by atoms with Crippen LogP contribution in [0, 0.1) is 9.49 Å². The number of benzene rings is 1. The third-order valence-corrected chi connectivity index (χ3v) is 4.14. The van der Waals surface area contributed by atoms with Crippen molar-refractivity contribution in [1.29, 1.82) is 0 Å². The largest absolute Gasteiger partial charge is 0.352 e. The molecule has 6 heteroatoms. The summed E-state index contributed by atoms with van der Waals surface area (Å²) in [6.07, 6.45) is 0. The van der Waals surface area contributed by atoms with Crippen molar-refractivity contribution >= 4 is 52.5 Å². The van der Waals surface area contributed by atoms with E-state index in [0.717, 1.165) is 23.2 Å². The third-order valence-electron chi connectivity index (χ3n) is 2.60. The van der Waals surface area contributed by atoms with Crippen LogP contribution in [-0.4, -0.2) is 25.5 Å². The molecule has 1 fully saturated rings. The van der Waals surface area contributed by atoms with E-state index in [-0.39, 0.29) is 18.3 Å². The zero-order valence-corrected chi connectivity index (χ0v) is 12.7. The van der Waals surface area contributed by atoms with Crippen LogP contribution in [0.3, 0.4) is 0 Å². The molecule has 0 radical (unpaired) electrons. The molecule has 1 saturated heterocycles. The van der Waals surface area contributed by atoms with Gasteiger partial charge in [-0.3, -0.25) is 4.79 Å². The Morgan fingerprint density at radius 1 is 1.53 bits per heavy atom. The predicted octanol–water partition coefficient (Wildman–Crippen LogP) is 2.32. The van der Waals surface area contributed by atoms with Crippen molar-refractivity contribution < 1.29 is 4.79 Å². The summed E-state index contributed by atoms with van der Waals surface area (Å²) in [5.41, 5.74) is 0.668. The Morgan fingerprint density at radius 2 is 2.24 bits per heavy atom. The first kappa shape index (κ1) is 15.0. The molecule has 1 aromatic rings. The highest BCUT2D eigenvalue weighted by Crippen LogP contribution is 2.19. The summed E-state index contributed by atoms with van der Waals surface area (Å²) < 4.78 is 0.900. The topological polar surface area (TPSA) is 41.1 Å². The average molecular weight is 387 g/mol. The maximum absolute atomic E-state index is 11.8. The zero-order chi connectivity index (χ0) is 11.5. The average Bonchev–Trinajstić information content (AvgIpc) is 2.19. The Hall–Kier alpha value is -0.0400. The van der Waals surface area contributed by atoms with Gasteiger partial charge in [-0.25, -0.2) is 0 Å². The minimum absolute atomic E-state index is 0. The van der Waals surface area contributed by atoms with Gasteiger partial charge in [0.15, 0.2) is 0 Å². The first-order valence-electron chi connectivity index (χ1n) is 5.11. The van der Waals surface area contributed by atoms with E-state index in [2.05, 4.69) is 33.2 Å². The monoisotopic (exact) mass is 386 g/mol. The summed E-state index contributed by atoms with van der Waals surface area (Å²) >= 11 is 8.02. The maximum atomic E-state index is 11.8. The Balaban J connectivity index is 0.00000144. The molecule has 0 aliphatic carbocycles. The molecular weight excluding hydrogens is 374 g/mol. The van der Waals surface area contributed by atoms with Crippen molar-refractivity contribution in [3.63, 3.8) is 0 Å². The van der Waals surface area contributed by atoms with Crippen molar-refractivity contribution in [2.75, 3.05) is 19.6 Å². The molecule has 1 aliphatic heterocycles. The van der Waals surface area contributed by atoms with Crippen molar-refractivity contribution in [2.45, 2.75) is 0 Å². The number of nitrogens with one attached hydrogen (secondary N) is 2. The third kappa shape index (κ3) is 3.98. The van der Waals surface area contributed by atoms with E-state index in [0.29, 0.717) is 16.5 Å². The van der Waals surface area contributed by atoms with E-state index < -0.39 is 0 Å². The van der Waals surface area contributed by atoms with Gasteiger partial charge in [-0.05, 0) is 40.8 Å². The van der Waals surface area contributed by atoms with Crippen molar-refractivity contribution in [3.8, 4) is 0 Å². The van der Waals surface area contributed by atoms with Crippen LogP contribution in [-0.2, 0) is 0 Å². The maximum Gasteiger partial charge on any atom is 0.251 e. The lowest BCUT2D eigenvalue weighted by Crippen LogP contribution is -2.48. The molecule has 0 bridgehead atoms. The molecule has 0 spiro atoms. The molecule has 1 aliphatic rings. The molecule has 17 heavy (non-hydrogen) atoms. The number of halogens is 3. The van der Waals surface area contributed by atoms with Gasteiger partial charge in [-0.1, -0.05) is 11.6 Å². The SMILES string of the molecule is Cl.O=C(NCC1CNC1)c1ccc(Cl)c(I)c1. The van der Waals surface area contributed by atoms with Crippen LogP contribution in [0.5, 0.6) is 0 Å². The summed E-state index contributed by atoms with van der Waals surface area (Å²) in [6.45, 7) is 2.74. The highest BCUT2D eigenvalue weighted by atomic mass is 127. The van der Waals surface area contributed by atoms with E-state index in [9.17, 15) is 4.79 Å². The number of rotatable bonds is 3. The molecule has 0 saturated carbocycles. The lowest BCUT2D eigenvalue weighted by Gasteiger charge is -2.27. The van der Waals surface area contributed by atoms with Crippen molar-refractivity contribution in [1.82, 2.24) is 10.6 Å². The minimum Gasteiger partial charge on any atom is -0.352 e. The summed E-state index contributed by atoms with van der Waals surface area (Å²) in [7, 11) is 0. The van der Waals surface area contributed by atoms with Crippen molar-refractivity contribution in [3.05, 3.63) is 32.4 Å². The van der Waals surface area contributed by atoms with Crippen LogP contribution in [0.1, 0.15) is 10.4 Å². The molecule has 1 amide bonds. The normalized spacial score (nSPS) is 14.7. The Bertz CT molecular complexity index is 410. The highest BCUT2D eigenvalue weighted by Gasteiger charge is 2.17. The molecule has 0 unspecified atom stereocenters. The second-order valence-electron chi connectivity index (χ2n) is 3.86. The van der Waals surface area contributed by atoms with E-state index in [1.165, 1.54) is 0 Å². The van der Waals surface area contributed by atoms with Crippen LogP contribution < -0.4 is 10.6 Å². The summed E-state index contributed by atoms with van der Waals surface area (Å²) in [4.78, 5) is 11.8. The summed E-state index contributed by atoms with van der Waals surface area (Å²) in [5.74, 6) is 0.553. The highest BCUT2D eigenvalue weighted by molar-refractivity contribution is 14.1. The standard InChI is InChI=1S/C11H12ClIN2O.ClH/c12-9-2-1-8(3-10(9)13)11(16)15-6-7-4-14-5-7;/h1-3,7,14H,4-6H2,(H,15,16);1H. The molecule has 1 aromatic carbocycles. The fourth-order valence-electron chi connectivity index (χ4n) is 1.47. The zero-order valence-electron chi connectivity index (χ0n) is 9.00. The van der Waals surface area contributed by atoms with Gasteiger partial charge in [-0.15, -0.1) is 12.4 Å². The molecule has 2 N–H and O–H groups in total. The van der Waals surface area contributed by atoms with Gasteiger partial charge in [0.25, 0.3) is 5.91 Å². The van der Waals surface area contributed by atoms with Gasteiger partial charge in [0.05, 0.1) is 5.02 Å². The van der Waals surface area contributed by atoms with Gasteiger partial charge in [0.2, 0.25) is 0 Å². The van der Waals surface area contributed by atoms with Crippen LogP contribution in [0.25, 0.3) is 0 Å². The Kier molecular flexibility index (Phi) is 5.99. The summed E-state index contributed by atoms with van der Waals surface area (Å²) in [5, 5.41) is 6.77. The Labute approximate surface area is 125 Å². The van der Waals surface area contributed by atoms with Crippen LogP contribution >= 0.6 is 46.6 Å². The lowest BCUT2D eigenvalue weighted by atomic mass is 10.0. The number of carbonyl (C=O) groups excluding carboxylic acids is 1. The molecule has 1 heterocycles. The Morgan fingerprint density at radius 3 is 2.76 bits per heavy atom. The molecule has 0 atom stereocenters. The van der Waals surface area contributed by atoms with E-state index in [1.807, 2.05) is 0 Å². The van der Waals surface area contributed by atoms with E-state index in [4.69, 9.17) is 11.6 Å². The van der Waals surface area contributed by atoms with Crippen LogP contribution in [0.2, 0.25) is 5.02 Å². The minimum atomic E-state index is -0.0264. The number of hydrogen-bond donors (Lipinski definition) is 2. The van der Waals surface area contributed by atoms with Gasteiger partial charge in [0.1, 0.15) is 0 Å². The van der Waals surface area contributed by atoms with Gasteiger partial charge in [0, 0.05) is 34.7 Å². The van der Waals surface area contributed by atoms with Crippen LogP contribution in [0.4, 0.5) is 0 Å². The first-order valence-corrected chi connectivity index (χ1v) is 6.56.